The second-order valence-corrected chi connectivity index (χ2v) is 5.44. The molecule has 0 unspecified atom stereocenters. The Morgan fingerprint density at radius 1 is 1.17 bits per heavy atom. The standard InChI is InChI=1S/C13H25N3O2/c14-10-4-6-12(7-5-10)18-9-8-15-13(17)16-11-2-1-3-11/h10-12H,1-9,14H2,(H2,15,16,17). The van der Waals surface area contributed by atoms with Gasteiger partial charge in [-0.2, -0.15) is 0 Å². The van der Waals surface area contributed by atoms with E-state index < -0.39 is 0 Å². The number of carbonyl (C=O) groups excluding carboxylic acids is 1. The molecule has 0 bridgehead atoms. The van der Waals surface area contributed by atoms with E-state index in [2.05, 4.69) is 10.6 Å². The molecule has 0 radical (unpaired) electrons. The van der Waals surface area contributed by atoms with Crippen molar-refractivity contribution in [2.45, 2.75) is 63.1 Å². The smallest absolute Gasteiger partial charge is 0.315 e. The molecule has 0 aromatic rings. The minimum absolute atomic E-state index is 0.0611. The molecule has 0 heterocycles. The highest BCUT2D eigenvalue weighted by atomic mass is 16.5. The molecule has 0 aliphatic heterocycles. The Labute approximate surface area is 109 Å². The number of urea groups is 1. The second-order valence-electron chi connectivity index (χ2n) is 5.44. The summed E-state index contributed by atoms with van der Waals surface area (Å²) in [5.74, 6) is 0. The first-order valence-electron chi connectivity index (χ1n) is 7.15. The maximum absolute atomic E-state index is 11.4. The van der Waals surface area contributed by atoms with Crippen molar-refractivity contribution in [3.8, 4) is 0 Å². The SMILES string of the molecule is NC1CCC(OCCNC(=O)NC2CCC2)CC1. The van der Waals surface area contributed by atoms with E-state index in [0.717, 1.165) is 38.5 Å². The molecule has 0 atom stereocenters. The summed E-state index contributed by atoms with van der Waals surface area (Å²) < 4.78 is 5.73. The minimum Gasteiger partial charge on any atom is -0.376 e. The van der Waals surface area contributed by atoms with Gasteiger partial charge in [-0.25, -0.2) is 4.79 Å². The highest BCUT2D eigenvalue weighted by Gasteiger charge is 2.20. The Morgan fingerprint density at radius 2 is 1.89 bits per heavy atom. The van der Waals surface area contributed by atoms with Crippen molar-refractivity contribution >= 4 is 6.03 Å². The van der Waals surface area contributed by atoms with Crippen molar-refractivity contribution in [2.75, 3.05) is 13.2 Å². The largest absolute Gasteiger partial charge is 0.376 e. The van der Waals surface area contributed by atoms with Crippen LogP contribution < -0.4 is 16.4 Å². The molecule has 0 spiro atoms. The van der Waals surface area contributed by atoms with Crippen LogP contribution in [0.3, 0.4) is 0 Å². The maximum Gasteiger partial charge on any atom is 0.315 e. The third-order valence-electron chi connectivity index (χ3n) is 3.90. The number of nitrogens with one attached hydrogen (secondary N) is 2. The zero-order valence-corrected chi connectivity index (χ0v) is 11.0. The predicted octanol–water partition coefficient (Wildman–Crippen LogP) is 1.12. The van der Waals surface area contributed by atoms with E-state index in [1.807, 2.05) is 0 Å². The van der Waals surface area contributed by atoms with Gasteiger partial charge in [0.05, 0.1) is 12.7 Å². The van der Waals surface area contributed by atoms with Gasteiger partial charge in [-0.15, -0.1) is 0 Å². The molecule has 18 heavy (non-hydrogen) atoms. The number of carbonyl (C=O) groups is 1. The number of rotatable bonds is 5. The monoisotopic (exact) mass is 255 g/mol. The van der Waals surface area contributed by atoms with E-state index in [1.54, 1.807) is 0 Å². The molecule has 2 aliphatic rings. The zero-order chi connectivity index (χ0) is 12.8. The number of nitrogens with two attached hydrogens (primary N) is 1. The lowest BCUT2D eigenvalue weighted by atomic mass is 9.93. The molecule has 0 aromatic heterocycles. The van der Waals surface area contributed by atoms with E-state index in [-0.39, 0.29) is 6.03 Å². The quantitative estimate of drug-likeness (QED) is 0.644. The minimum atomic E-state index is -0.0611. The fourth-order valence-electron chi connectivity index (χ4n) is 2.43. The van der Waals surface area contributed by atoms with Crippen LogP contribution in [0.4, 0.5) is 4.79 Å². The van der Waals surface area contributed by atoms with Crippen molar-refractivity contribution in [1.82, 2.24) is 10.6 Å². The van der Waals surface area contributed by atoms with Gasteiger partial charge in [-0.3, -0.25) is 0 Å². The highest BCUT2D eigenvalue weighted by Crippen LogP contribution is 2.19. The molecular formula is C13H25N3O2. The lowest BCUT2D eigenvalue weighted by Crippen LogP contribution is -2.46. The van der Waals surface area contributed by atoms with Crippen LogP contribution >= 0.6 is 0 Å². The summed E-state index contributed by atoms with van der Waals surface area (Å²) in [4.78, 5) is 11.4. The summed E-state index contributed by atoms with van der Waals surface area (Å²) in [6.07, 6.45) is 8.02. The van der Waals surface area contributed by atoms with Gasteiger partial charge in [-0.05, 0) is 44.9 Å². The number of amides is 2. The van der Waals surface area contributed by atoms with Crippen LogP contribution in [0.5, 0.6) is 0 Å². The van der Waals surface area contributed by atoms with Crippen LogP contribution in [0.15, 0.2) is 0 Å². The normalized spacial score (nSPS) is 28.5. The molecule has 104 valence electrons. The first-order valence-corrected chi connectivity index (χ1v) is 7.15. The zero-order valence-electron chi connectivity index (χ0n) is 11.0. The summed E-state index contributed by atoms with van der Waals surface area (Å²) in [5.41, 5.74) is 5.84. The fourth-order valence-corrected chi connectivity index (χ4v) is 2.43. The van der Waals surface area contributed by atoms with Gasteiger partial charge in [0.25, 0.3) is 0 Å². The highest BCUT2D eigenvalue weighted by molar-refractivity contribution is 5.74. The molecule has 0 saturated heterocycles. The number of hydrogen-bond acceptors (Lipinski definition) is 3. The first-order chi connectivity index (χ1) is 8.74. The van der Waals surface area contributed by atoms with E-state index in [0.29, 0.717) is 31.3 Å². The van der Waals surface area contributed by atoms with Gasteiger partial charge in [0.2, 0.25) is 0 Å². The molecule has 2 aliphatic carbocycles. The summed E-state index contributed by atoms with van der Waals surface area (Å²) in [7, 11) is 0. The van der Waals surface area contributed by atoms with Gasteiger partial charge in [0.1, 0.15) is 0 Å². The summed E-state index contributed by atoms with van der Waals surface area (Å²) in [6, 6.07) is 0.691. The molecule has 2 rings (SSSR count). The number of ether oxygens (including phenoxy) is 1. The molecule has 5 nitrogen and oxygen atoms in total. The van der Waals surface area contributed by atoms with Gasteiger partial charge < -0.3 is 21.1 Å². The number of hydrogen-bond donors (Lipinski definition) is 3. The van der Waals surface area contributed by atoms with Crippen LogP contribution in [-0.4, -0.2) is 37.4 Å². The van der Waals surface area contributed by atoms with Crippen LogP contribution in [0, 0.1) is 0 Å². The Bertz CT molecular complexity index is 261. The third-order valence-corrected chi connectivity index (χ3v) is 3.90. The lowest BCUT2D eigenvalue weighted by Gasteiger charge is -2.27. The van der Waals surface area contributed by atoms with E-state index in [9.17, 15) is 4.79 Å². The topological polar surface area (TPSA) is 76.4 Å². The molecule has 4 N–H and O–H groups in total. The average Bonchev–Trinajstić information content (AvgIpc) is 2.32. The van der Waals surface area contributed by atoms with Gasteiger partial charge >= 0.3 is 6.03 Å². The molecular weight excluding hydrogens is 230 g/mol. The predicted molar refractivity (Wildman–Crippen MR) is 70.4 cm³/mol. The van der Waals surface area contributed by atoms with Crippen LogP contribution in [0.25, 0.3) is 0 Å². The van der Waals surface area contributed by atoms with Crippen LogP contribution in [0.1, 0.15) is 44.9 Å². The van der Waals surface area contributed by atoms with Crippen molar-refractivity contribution in [1.29, 1.82) is 0 Å². The third kappa shape index (κ3) is 4.46. The second kappa shape index (κ2) is 6.95. The fraction of sp³-hybridized carbons (Fsp3) is 0.923. The summed E-state index contributed by atoms with van der Waals surface area (Å²) >= 11 is 0. The van der Waals surface area contributed by atoms with Crippen molar-refractivity contribution in [2.24, 2.45) is 5.73 Å². The van der Waals surface area contributed by atoms with Crippen molar-refractivity contribution < 1.29 is 9.53 Å². The van der Waals surface area contributed by atoms with E-state index in [4.69, 9.17) is 10.5 Å². The van der Waals surface area contributed by atoms with Crippen molar-refractivity contribution in [3.63, 3.8) is 0 Å². The lowest BCUT2D eigenvalue weighted by molar-refractivity contribution is 0.0278. The van der Waals surface area contributed by atoms with Crippen LogP contribution in [-0.2, 0) is 4.74 Å². The van der Waals surface area contributed by atoms with E-state index >= 15 is 0 Å². The van der Waals surface area contributed by atoms with Crippen molar-refractivity contribution in [3.05, 3.63) is 0 Å². The Balaban J connectivity index is 1.46. The first kappa shape index (κ1) is 13.6. The molecule has 2 amide bonds. The maximum atomic E-state index is 11.4. The Hall–Kier alpha value is -0.810. The Kier molecular flexibility index (Phi) is 5.26. The van der Waals surface area contributed by atoms with E-state index in [1.165, 1.54) is 6.42 Å². The average molecular weight is 255 g/mol. The van der Waals surface area contributed by atoms with Gasteiger partial charge in [-0.1, -0.05) is 0 Å². The molecule has 0 aromatic carbocycles. The Morgan fingerprint density at radius 3 is 2.50 bits per heavy atom. The molecule has 2 fully saturated rings. The summed E-state index contributed by atoms with van der Waals surface area (Å²) in [5, 5.41) is 5.77. The summed E-state index contributed by atoms with van der Waals surface area (Å²) in [6.45, 7) is 1.18. The van der Waals surface area contributed by atoms with Gasteiger partial charge in [0.15, 0.2) is 0 Å². The molecule has 5 heteroatoms. The van der Waals surface area contributed by atoms with Crippen LogP contribution in [0.2, 0.25) is 0 Å². The van der Waals surface area contributed by atoms with Gasteiger partial charge in [0, 0.05) is 18.6 Å². The molecule has 2 saturated carbocycles.